The number of nitriles is 1. The second-order valence-electron chi connectivity index (χ2n) is 6.93. The van der Waals surface area contributed by atoms with Crippen LogP contribution in [0, 0.1) is 32.1 Å². The fourth-order valence-corrected chi connectivity index (χ4v) is 4.62. The van der Waals surface area contributed by atoms with Crippen LogP contribution in [-0.2, 0) is 4.57 Å². The highest BCUT2D eigenvalue weighted by atomic mass is 31.2. The summed E-state index contributed by atoms with van der Waals surface area (Å²) in [5, 5.41) is 20.4. The van der Waals surface area contributed by atoms with Crippen molar-refractivity contribution in [2.75, 3.05) is 19.1 Å². The highest BCUT2D eigenvalue weighted by Gasteiger charge is 2.24. The average molecular weight is 368 g/mol. The number of phenols is 1. The number of nitrogens with zero attached hydrogens (tertiary/aromatic N) is 3. The Morgan fingerprint density at radius 2 is 1.88 bits per heavy atom. The minimum Gasteiger partial charge on any atom is -0.508 e. The first-order valence-electron chi connectivity index (χ1n) is 8.14. The molecule has 0 unspecified atom stereocenters. The monoisotopic (exact) mass is 368 g/mol. The summed E-state index contributed by atoms with van der Waals surface area (Å²) in [7, 11) is -2.62. The Morgan fingerprint density at radius 3 is 2.46 bits per heavy atom. The molecule has 3 aromatic rings. The number of benzene rings is 1. The first-order chi connectivity index (χ1) is 12.1. The van der Waals surface area contributed by atoms with Crippen molar-refractivity contribution in [1.29, 1.82) is 5.26 Å². The molecule has 0 radical (unpaired) electrons. The molecule has 3 N–H and O–H groups in total. The summed E-state index contributed by atoms with van der Waals surface area (Å²) in [4.78, 5) is 4.65. The van der Waals surface area contributed by atoms with Crippen LogP contribution in [0.25, 0.3) is 16.7 Å². The Morgan fingerprint density at radius 1 is 1.23 bits per heavy atom. The molecule has 0 saturated carbocycles. The third-order valence-corrected chi connectivity index (χ3v) is 6.07. The standard InChI is InChI=1S/C19H21N4O2P/c1-10-6-7-15(24)12(3)16(10)23-17(21)14(9-20)13-8-11(2)19(22-18(13)23)26(4,5)25/h6-8,24H,21H2,1-5H3. The van der Waals surface area contributed by atoms with E-state index in [-0.39, 0.29) is 11.6 Å². The van der Waals surface area contributed by atoms with E-state index in [4.69, 9.17) is 5.73 Å². The first kappa shape index (κ1) is 18.0. The number of rotatable bonds is 2. The van der Waals surface area contributed by atoms with Crippen LogP contribution < -0.4 is 11.2 Å². The highest BCUT2D eigenvalue weighted by molar-refractivity contribution is 7.70. The van der Waals surface area contributed by atoms with Gasteiger partial charge >= 0.3 is 0 Å². The second-order valence-corrected chi connectivity index (χ2v) is 10.1. The van der Waals surface area contributed by atoms with Gasteiger partial charge in [-0.1, -0.05) is 6.07 Å². The minimum atomic E-state index is -2.62. The Balaban J connectivity index is 2.56. The van der Waals surface area contributed by atoms with Crippen LogP contribution in [0.3, 0.4) is 0 Å². The number of aromatic nitrogens is 2. The zero-order chi connectivity index (χ0) is 19.4. The fraction of sp³-hybridized carbons (Fsp3) is 0.263. The normalized spacial score (nSPS) is 11.7. The Bertz CT molecular complexity index is 1150. The van der Waals surface area contributed by atoms with E-state index in [1.807, 2.05) is 19.9 Å². The topological polar surface area (TPSA) is 105 Å². The molecule has 26 heavy (non-hydrogen) atoms. The Kier molecular flexibility index (Phi) is 4.09. The van der Waals surface area contributed by atoms with Gasteiger partial charge in [-0.25, -0.2) is 4.98 Å². The summed E-state index contributed by atoms with van der Waals surface area (Å²) in [6.45, 7) is 8.86. The van der Waals surface area contributed by atoms with E-state index >= 15 is 0 Å². The smallest absolute Gasteiger partial charge is 0.148 e. The molecular weight excluding hydrogens is 347 g/mol. The van der Waals surface area contributed by atoms with Crippen LogP contribution in [0.5, 0.6) is 5.75 Å². The van der Waals surface area contributed by atoms with Gasteiger partial charge in [0.2, 0.25) is 0 Å². The summed E-state index contributed by atoms with van der Waals surface area (Å²) >= 11 is 0. The van der Waals surface area contributed by atoms with Gasteiger partial charge in [0.1, 0.15) is 41.4 Å². The molecule has 0 fully saturated rings. The maximum atomic E-state index is 12.7. The van der Waals surface area contributed by atoms with Crippen molar-refractivity contribution in [3.05, 3.63) is 40.5 Å². The fourth-order valence-electron chi connectivity index (χ4n) is 3.37. The quantitative estimate of drug-likeness (QED) is 0.675. The molecule has 0 saturated heterocycles. The lowest BCUT2D eigenvalue weighted by Crippen LogP contribution is -2.14. The zero-order valence-corrected chi connectivity index (χ0v) is 16.3. The summed E-state index contributed by atoms with van der Waals surface area (Å²) in [5.74, 6) is 0.389. The molecule has 2 aromatic heterocycles. The Hall–Kier alpha value is -2.77. The van der Waals surface area contributed by atoms with Gasteiger partial charge in [0, 0.05) is 10.9 Å². The number of nitrogens with two attached hydrogens (primary N) is 1. The molecule has 2 heterocycles. The van der Waals surface area contributed by atoms with Gasteiger partial charge in [-0.15, -0.1) is 0 Å². The molecular formula is C19H21N4O2P. The average Bonchev–Trinajstić information content (AvgIpc) is 2.81. The van der Waals surface area contributed by atoms with Crippen LogP contribution in [0.4, 0.5) is 5.82 Å². The first-order valence-corrected chi connectivity index (χ1v) is 10.7. The van der Waals surface area contributed by atoms with Crippen molar-refractivity contribution >= 4 is 29.4 Å². The van der Waals surface area contributed by atoms with E-state index in [0.717, 1.165) is 11.1 Å². The number of phenolic OH excluding ortho intramolecular Hbond substituents is 1. The van der Waals surface area contributed by atoms with Crippen LogP contribution in [-0.4, -0.2) is 28.0 Å². The zero-order valence-electron chi connectivity index (χ0n) is 15.5. The third kappa shape index (κ3) is 2.56. The third-order valence-electron chi connectivity index (χ3n) is 4.59. The maximum absolute atomic E-state index is 12.7. The Labute approximate surface area is 152 Å². The van der Waals surface area contributed by atoms with Crippen molar-refractivity contribution in [2.45, 2.75) is 20.8 Å². The second kappa shape index (κ2) is 5.89. The number of pyridine rings is 1. The molecule has 0 spiro atoms. The van der Waals surface area contributed by atoms with E-state index < -0.39 is 7.14 Å². The van der Waals surface area contributed by atoms with Crippen molar-refractivity contribution in [2.24, 2.45) is 0 Å². The number of nitrogen functional groups attached to an aromatic ring is 1. The summed E-state index contributed by atoms with van der Waals surface area (Å²) < 4.78 is 14.3. The predicted octanol–water partition coefficient (Wildman–Crippen LogP) is 3.36. The molecule has 6 nitrogen and oxygen atoms in total. The van der Waals surface area contributed by atoms with Gasteiger partial charge in [-0.3, -0.25) is 4.57 Å². The molecule has 0 aliphatic carbocycles. The van der Waals surface area contributed by atoms with E-state index in [1.54, 1.807) is 37.0 Å². The number of hydrogen-bond donors (Lipinski definition) is 2. The number of anilines is 1. The lowest BCUT2D eigenvalue weighted by molar-refractivity contribution is 0.470. The molecule has 1 aromatic carbocycles. The molecule has 0 atom stereocenters. The molecule has 0 amide bonds. The summed E-state index contributed by atoms with van der Waals surface area (Å²) in [6, 6.07) is 7.37. The highest BCUT2D eigenvalue weighted by Crippen LogP contribution is 2.39. The van der Waals surface area contributed by atoms with Crippen molar-refractivity contribution in [1.82, 2.24) is 9.55 Å². The van der Waals surface area contributed by atoms with Crippen LogP contribution >= 0.6 is 7.14 Å². The van der Waals surface area contributed by atoms with Gasteiger partial charge in [0.25, 0.3) is 0 Å². The van der Waals surface area contributed by atoms with Gasteiger partial charge < -0.3 is 15.4 Å². The number of hydrogen-bond acceptors (Lipinski definition) is 5. The predicted molar refractivity (Wildman–Crippen MR) is 105 cm³/mol. The minimum absolute atomic E-state index is 0.134. The van der Waals surface area contributed by atoms with E-state index in [9.17, 15) is 14.9 Å². The molecule has 134 valence electrons. The number of aryl methyl sites for hydroxylation is 2. The SMILES string of the molecule is Cc1cc2c(C#N)c(N)n(-c3c(C)ccc(O)c3C)c2nc1P(C)(C)=O. The molecule has 0 aliphatic heterocycles. The van der Waals surface area contributed by atoms with E-state index in [1.165, 1.54) is 0 Å². The van der Waals surface area contributed by atoms with Gasteiger partial charge in [-0.2, -0.15) is 5.26 Å². The lowest BCUT2D eigenvalue weighted by Gasteiger charge is -2.16. The largest absolute Gasteiger partial charge is 0.508 e. The van der Waals surface area contributed by atoms with E-state index in [0.29, 0.717) is 33.3 Å². The van der Waals surface area contributed by atoms with Gasteiger partial charge in [0.05, 0.1) is 5.69 Å². The van der Waals surface area contributed by atoms with Crippen molar-refractivity contribution in [3.63, 3.8) is 0 Å². The lowest BCUT2D eigenvalue weighted by atomic mass is 10.1. The summed E-state index contributed by atoms with van der Waals surface area (Å²) in [5.41, 5.74) is 10.6. The maximum Gasteiger partial charge on any atom is 0.148 e. The van der Waals surface area contributed by atoms with Crippen molar-refractivity contribution in [3.8, 4) is 17.5 Å². The molecule has 7 heteroatoms. The summed E-state index contributed by atoms with van der Waals surface area (Å²) in [6.07, 6.45) is 0. The van der Waals surface area contributed by atoms with Crippen LogP contribution in [0.1, 0.15) is 22.3 Å². The number of aromatic hydroxyl groups is 1. The van der Waals surface area contributed by atoms with Crippen LogP contribution in [0.2, 0.25) is 0 Å². The van der Waals surface area contributed by atoms with Gasteiger partial charge in [-0.05, 0) is 57.4 Å². The molecule has 3 rings (SSSR count). The van der Waals surface area contributed by atoms with Gasteiger partial charge in [0.15, 0.2) is 0 Å². The number of fused-ring (bicyclic) bond motifs is 1. The molecule has 0 bridgehead atoms. The van der Waals surface area contributed by atoms with E-state index in [2.05, 4.69) is 11.1 Å². The van der Waals surface area contributed by atoms with Crippen molar-refractivity contribution < 1.29 is 9.67 Å². The molecule has 0 aliphatic rings. The van der Waals surface area contributed by atoms with Crippen LogP contribution in [0.15, 0.2) is 18.2 Å².